The minimum absolute atomic E-state index is 0.000850. The van der Waals surface area contributed by atoms with Gasteiger partial charge in [-0.15, -0.1) is 5.10 Å². The predicted octanol–water partition coefficient (Wildman–Crippen LogP) is 3.48. The summed E-state index contributed by atoms with van der Waals surface area (Å²) in [6, 6.07) is 12.2. The molecule has 9 heteroatoms. The Kier molecular flexibility index (Phi) is 5.29. The molecule has 3 rings (SSSR count). The Hall–Kier alpha value is -2.77. The molecule has 0 aliphatic carbocycles. The molecule has 2 aromatic carbocycles. The average molecular weight is 392 g/mol. The molecular weight excluding hydrogens is 377 g/mol. The van der Waals surface area contributed by atoms with Crippen LogP contribution in [-0.2, 0) is 6.54 Å². The highest BCUT2D eigenvalue weighted by atomic mass is 35.5. The van der Waals surface area contributed by atoms with Crippen molar-refractivity contribution >= 4 is 40.6 Å². The monoisotopic (exact) mass is 391 g/mol. The highest BCUT2D eigenvalue weighted by Gasteiger charge is 2.19. The highest BCUT2D eigenvalue weighted by Crippen LogP contribution is 2.28. The number of hydrogen-bond donors (Lipinski definition) is 2. The summed E-state index contributed by atoms with van der Waals surface area (Å²) in [7, 11) is 1.49. The first kappa shape index (κ1) is 18.0. The number of anilines is 2. The quantitative estimate of drug-likeness (QED) is 0.693. The van der Waals surface area contributed by atoms with Gasteiger partial charge in [0.1, 0.15) is 5.75 Å². The smallest absolute Gasteiger partial charge is 0.280 e. The number of rotatable bonds is 5. The highest BCUT2D eigenvalue weighted by molar-refractivity contribution is 6.31. The van der Waals surface area contributed by atoms with Crippen LogP contribution in [-0.4, -0.2) is 28.0 Å². The van der Waals surface area contributed by atoms with Crippen LogP contribution in [0.5, 0.6) is 5.75 Å². The molecule has 134 valence electrons. The van der Waals surface area contributed by atoms with Crippen LogP contribution in [0.25, 0.3) is 0 Å². The fourth-order valence-electron chi connectivity index (χ4n) is 2.35. The fourth-order valence-corrected chi connectivity index (χ4v) is 2.71. The minimum Gasteiger partial charge on any atom is -0.495 e. The van der Waals surface area contributed by atoms with Crippen LogP contribution in [0.2, 0.25) is 10.0 Å². The molecule has 0 saturated heterocycles. The van der Waals surface area contributed by atoms with Gasteiger partial charge in [-0.25, -0.2) is 4.68 Å². The molecule has 0 spiro atoms. The van der Waals surface area contributed by atoms with Gasteiger partial charge >= 0.3 is 0 Å². The Balaban J connectivity index is 1.82. The first-order valence-corrected chi connectivity index (χ1v) is 8.32. The number of nitrogens with zero attached hydrogens (tertiary/aromatic N) is 3. The molecule has 1 heterocycles. The SMILES string of the molecule is COc1ccc(Cl)cc1NC(=O)c1nnn(Cc2ccccc2Cl)c1N. The molecule has 0 saturated carbocycles. The zero-order valence-electron chi connectivity index (χ0n) is 13.7. The van der Waals surface area contributed by atoms with E-state index in [0.717, 1.165) is 5.56 Å². The first-order chi connectivity index (χ1) is 12.5. The number of methoxy groups -OCH3 is 1. The molecule has 7 nitrogen and oxygen atoms in total. The maximum atomic E-state index is 12.5. The number of nitrogen functional groups attached to an aromatic ring is 1. The van der Waals surface area contributed by atoms with Gasteiger partial charge in [0, 0.05) is 10.0 Å². The number of halogens is 2. The van der Waals surface area contributed by atoms with Crippen LogP contribution in [0.3, 0.4) is 0 Å². The molecule has 0 aliphatic rings. The van der Waals surface area contributed by atoms with E-state index in [2.05, 4.69) is 15.6 Å². The van der Waals surface area contributed by atoms with Crippen LogP contribution in [0.4, 0.5) is 11.5 Å². The molecule has 26 heavy (non-hydrogen) atoms. The maximum Gasteiger partial charge on any atom is 0.280 e. The first-order valence-electron chi connectivity index (χ1n) is 7.57. The normalized spacial score (nSPS) is 10.6. The summed E-state index contributed by atoms with van der Waals surface area (Å²) >= 11 is 12.1. The lowest BCUT2D eigenvalue weighted by molar-refractivity contribution is 0.102. The third-order valence-electron chi connectivity index (χ3n) is 3.68. The van der Waals surface area contributed by atoms with E-state index in [0.29, 0.717) is 28.0 Å². The van der Waals surface area contributed by atoms with Gasteiger partial charge in [-0.2, -0.15) is 0 Å². The van der Waals surface area contributed by atoms with E-state index < -0.39 is 5.91 Å². The van der Waals surface area contributed by atoms with Gasteiger partial charge in [0.25, 0.3) is 5.91 Å². The second kappa shape index (κ2) is 7.63. The van der Waals surface area contributed by atoms with Crippen LogP contribution in [0.1, 0.15) is 16.1 Å². The van der Waals surface area contributed by atoms with Crippen molar-refractivity contribution in [3.63, 3.8) is 0 Å². The summed E-state index contributed by atoms with van der Waals surface area (Å²) < 4.78 is 6.61. The number of aromatic nitrogens is 3. The second-order valence-electron chi connectivity index (χ2n) is 5.37. The number of nitrogens with two attached hydrogens (primary N) is 1. The standard InChI is InChI=1S/C17H15Cl2N5O2/c1-26-14-7-6-11(18)8-13(14)21-17(25)15-16(20)24(23-22-15)9-10-4-2-3-5-12(10)19/h2-8H,9,20H2,1H3,(H,21,25). The van der Waals surface area contributed by atoms with Gasteiger partial charge < -0.3 is 15.8 Å². The topological polar surface area (TPSA) is 95.1 Å². The predicted molar refractivity (Wildman–Crippen MR) is 101 cm³/mol. The van der Waals surface area contributed by atoms with Crippen LogP contribution >= 0.6 is 23.2 Å². The Morgan fingerprint density at radius 2 is 2.04 bits per heavy atom. The van der Waals surface area contributed by atoms with Crippen LogP contribution in [0.15, 0.2) is 42.5 Å². The summed E-state index contributed by atoms with van der Waals surface area (Å²) in [6.45, 7) is 0.298. The van der Waals surface area contributed by atoms with Gasteiger partial charge in [0.2, 0.25) is 0 Å². The summed E-state index contributed by atoms with van der Waals surface area (Å²) in [5.74, 6) is 0.0710. The van der Waals surface area contributed by atoms with Gasteiger partial charge in [-0.05, 0) is 29.8 Å². The van der Waals surface area contributed by atoms with E-state index >= 15 is 0 Å². The molecule has 1 amide bonds. The summed E-state index contributed by atoms with van der Waals surface area (Å²) in [6.07, 6.45) is 0. The summed E-state index contributed by atoms with van der Waals surface area (Å²) in [4.78, 5) is 12.5. The van der Waals surface area contributed by atoms with Crippen molar-refractivity contribution in [3.8, 4) is 5.75 Å². The molecule has 3 aromatic rings. The number of hydrogen-bond acceptors (Lipinski definition) is 5. The lowest BCUT2D eigenvalue weighted by Gasteiger charge is -2.10. The Morgan fingerprint density at radius 3 is 2.77 bits per heavy atom. The third-order valence-corrected chi connectivity index (χ3v) is 4.28. The number of nitrogens with one attached hydrogen (secondary N) is 1. The van der Waals surface area contributed by atoms with Crippen molar-refractivity contribution in [1.82, 2.24) is 15.0 Å². The van der Waals surface area contributed by atoms with Gasteiger partial charge in [0.05, 0.1) is 19.3 Å². The second-order valence-corrected chi connectivity index (χ2v) is 6.21. The largest absolute Gasteiger partial charge is 0.495 e. The number of carbonyl (C=O) groups is 1. The van der Waals surface area contributed by atoms with Crippen molar-refractivity contribution in [1.29, 1.82) is 0 Å². The third kappa shape index (κ3) is 3.74. The molecule has 3 N–H and O–H groups in total. The summed E-state index contributed by atoms with van der Waals surface area (Å²) in [5.41, 5.74) is 7.25. The Labute approximate surface area is 159 Å². The molecular formula is C17H15Cl2N5O2. The van der Waals surface area contributed by atoms with Crippen molar-refractivity contribution in [2.75, 3.05) is 18.2 Å². The Morgan fingerprint density at radius 1 is 1.27 bits per heavy atom. The van der Waals surface area contributed by atoms with Crippen LogP contribution < -0.4 is 15.8 Å². The molecule has 0 atom stereocenters. The molecule has 0 bridgehead atoms. The number of ether oxygens (including phenoxy) is 1. The van der Waals surface area contributed by atoms with Crippen molar-refractivity contribution in [2.24, 2.45) is 0 Å². The lowest BCUT2D eigenvalue weighted by atomic mass is 10.2. The number of benzene rings is 2. The van der Waals surface area contributed by atoms with Gasteiger partial charge in [-0.1, -0.05) is 46.6 Å². The molecule has 1 aromatic heterocycles. The minimum atomic E-state index is -0.520. The molecule has 0 fully saturated rings. The zero-order valence-corrected chi connectivity index (χ0v) is 15.3. The fraction of sp³-hybridized carbons (Fsp3) is 0.118. The van der Waals surface area contributed by atoms with E-state index in [1.807, 2.05) is 18.2 Å². The van der Waals surface area contributed by atoms with Crippen molar-refractivity contribution in [2.45, 2.75) is 6.54 Å². The van der Waals surface area contributed by atoms with Gasteiger partial charge in [-0.3, -0.25) is 4.79 Å². The van der Waals surface area contributed by atoms with Crippen molar-refractivity contribution in [3.05, 3.63) is 63.8 Å². The maximum absolute atomic E-state index is 12.5. The number of carbonyl (C=O) groups excluding carboxylic acids is 1. The number of amides is 1. The van der Waals surface area contributed by atoms with E-state index in [9.17, 15) is 4.79 Å². The van der Waals surface area contributed by atoms with Gasteiger partial charge in [0.15, 0.2) is 11.5 Å². The Bertz CT molecular complexity index is 958. The molecule has 0 radical (unpaired) electrons. The van der Waals surface area contributed by atoms with E-state index in [1.165, 1.54) is 11.8 Å². The van der Waals surface area contributed by atoms with E-state index in [4.69, 9.17) is 33.7 Å². The lowest BCUT2D eigenvalue weighted by Crippen LogP contribution is -2.16. The van der Waals surface area contributed by atoms with E-state index in [-0.39, 0.29) is 11.5 Å². The average Bonchev–Trinajstić information content (AvgIpc) is 2.98. The summed E-state index contributed by atoms with van der Waals surface area (Å²) in [5, 5.41) is 11.5. The van der Waals surface area contributed by atoms with Crippen molar-refractivity contribution < 1.29 is 9.53 Å². The van der Waals surface area contributed by atoms with E-state index in [1.54, 1.807) is 24.3 Å². The van der Waals surface area contributed by atoms with Crippen LogP contribution in [0, 0.1) is 0 Å². The molecule has 0 unspecified atom stereocenters. The molecule has 0 aliphatic heterocycles. The zero-order chi connectivity index (χ0) is 18.7.